The normalized spacial score (nSPS) is 17.4. The minimum Gasteiger partial charge on any atom is -0.464 e. The Bertz CT molecular complexity index is 1300. The number of nitrogens with one attached hydrogen (secondary N) is 1. The van der Waals surface area contributed by atoms with Crippen LogP contribution in [0.4, 0.5) is 10.1 Å². The van der Waals surface area contributed by atoms with Crippen LogP contribution in [-0.2, 0) is 20.8 Å². The molecule has 194 valence electrons. The Morgan fingerprint density at radius 1 is 1.11 bits per heavy atom. The average Bonchev–Trinajstić information content (AvgIpc) is 3.54. The molecule has 0 aliphatic carbocycles. The van der Waals surface area contributed by atoms with E-state index in [1.807, 2.05) is 35.4 Å². The van der Waals surface area contributed by atoms with Gasteiger partial charge in [0.25, 0.3) is 0 Å². The van der Waals surface area contributed by atoms with Gasteiger partial charge in [0.2, 0.25) is 11.6 Å². The molecular weight excluding hydrogens is 501 g/mol. The molecule has 0 bridgehead atoms. The standard InChI is InChI=1S/C25H26FN5O5S/c1-35-24(33)21-22(25(34)36-2)31(29-28-21)18-12-20(23(32)27-17-5-4-6-19(11-17)37-3)30(14-18)13-15-7-9-16(26)10-8-15/h4-11,18,20H,12-14H2,1-3H3,(H,27,32)/t18-,20-/m0/s1. The molecule has 4 rings (SSSR count). The Labute approximate surface area is 217 Å². The second-order valence-corrected chi connectivity index (χ2v) is 9.28. The van der Waals surface area contributed by atoms with Crippen molar-refractivity contribution < 1.29 is 28.2 Å². The quantitative estimate of drug-likeness (QED) is 0.348. The van der Waals surface area contributed by atoms with E-state index >= 15 is 0 Å². The van der Waals surface area contributed by atoms with E-state index in [-0.39, 0.29) is 29.5 Å². The zero-order valence-corrected chi connectivity index (χ0v) is 21.3. The first-order valence-electron chi connectivity index (χ1n) is 11.4. The van der Waals surface area contributed by atoms with Crippen molar-refractivity contribution in [3.05, 3.63) is 71.3 Å². The van der Waals surface area contributed by atoms with Crippen LogP contribution in [0.15, 0.2) is 53.4 Å². The van der Waals surface area contributed by atoms with Crippen LogP contribution in [0.2, 0.25) is 0 Å². The number of ether oxygens (including phenoxy) is 2. The van der Waals surface area contributed by atoms with E-state index in [1.165, 1.54) is 31.0 Å². The Morgan fingerprint density at radius 2 is 1.84 bits per heavy atom. The first kappa shape index (κ1) is 26.3. The largest absolute Gasteiger partial charge is 0.464 e. The van der Waals surface area contributed by atoms with Crippen molar-refractivity contribution in [1.82, 2.24) is 19.9 Å². The minimum absolute atomic E-state index is 0.144. The molecule has 3 aromatic rings. The molecule has 12 heteroatoms. The molecule has 2 atom stereocenters. The number of hydrogen-bond acceptors (Lipinski definition) is 9. The van der Waals surface area contributed by atoms with Crippen LogP contribution in [0, 0.1) is 5.82 Å². The molecule has 0 radical (unpaired) electrons. The Hall–Kier alpha value is -3.77. The second kappa shape index (κ2) is 11.5. The monoisotopic (exact) mass is 527 g/mol. The van der Waals surface area contributed by atoms with Gasteiger partial charge in [0.15, 0.2) is 5.69 Å². The molecule has 0 spiro atoms. The number of amides is 1. The van der Waals surface area contributed by atoms with Crippen LogP contribution < -0.4 is 5.32 Å². The maximum atomic E-state index is 13.5. The summed E-state index contributed by atoms with van der Waals surface area (Å²) in [5.41, 5.74) is 1.06. The molecule has 2 heterocycles. The number of anilines is 1. The number of esters is 2. The van der Waals surface area contributed by atoms with Gasteiger partial charge >= 0.3 is 11.9 Å². The Kier molecular flexibility index (Phi) is 8.19. The van der Waals surface area contributed by atoms with Crippen molar-refractivity contribution >= 4 is 35.3 Å². The third-order valence-corrected chi connectivity index (χ3v) is 6.84. The van der Waals surface area contributed by atoms with Gasteiger partial charge in [0.1, 0.15) is 5.82 Å². The average molecular weight is 528 g/mol. The summed E-state index contributed by atoms with van der Waals surface area (Å²) in [5.74, 6) is -2.21. The fourth-order valence-electron chi connectivity index (χ4n) is 4.32. The van der Waals surface area contributed by atoms with Gasteiger partial charge in [-0.2, -0.15) is 0 Å². The second-order valence-electron chi connectivity index (χ2n) is 8.40. The van der Waals surface area contributed by atoms with Gasteiger partial charge in [-0.25, -0.2) is 18.7 Å². The number of methoxy groups -OCH3 is 2. The number of carbonyl (C=O) groups is 3. The van der Waals surface area contributed by atoms with Crippen molar-refractivity contribution in [2.75, 3.05) is 32.3 Å². The molecule has 1 fully saturated rings. The van der Waals surface area contributed by atoms with E-state index in [0.717, 1.165) is 10.5 Å². The lowest BCUT2D eigenvalue weighted by molar-refractivity contribution is -0.120. The van der Waals surface area contributed by atoms with Gasteiger partial charge in [-0.05, 0) is 48.6 Å². The van der Waals surface area contributed by atoms with Gasteiger partial charge in [0.05, 0.1) is 26.3 Å². The maximum Gasteiger partial charge on any atom is 0.361 e. The lowest BCUT2D eigenvalue weighted by atomic mass is 10.1. The minimum atomic E-state index is -0.823. The summed E-state index contributed by atoms with van der Waals surface area (Å²) >= 11 is 1.56. The van der Waals surface area contributed by atoms with Crippen LogP contribution >= 0.6 is 11.8 Å². The number of hydrogen-bond donors (Lipinski definition) is 1. The van der Waals surface area contributed by atoms with E-state index in [2.05, 4.69) is 15.6 Å². The van der Waals surface area contributed by atoms with Gasteiger partial charge in [-0.1, -0.05) is 23.4 Å². The number of halogens is 1. The number of aromatic nitrogens is 3. The predicted octanol–water partition coefficient (Wildman–Crippen LogP) is 3.17. The summed E-state index contributed by atoms with van der Waals surface area (Å²) < 4.78 is 24.4. The number of rotatable bonds is 8. The predicted molar refractivity (Wildman–Crippen MR) is 134 cm³/mol. The number of likely N-dealkylation sites (tertiary alicyclic amines) is 1. The van der Waals surface area contributed by atoms with E-state index in [4.69, 9.17) is 9.47 Å². The lowest BCUT2D eigenvalue weighted by Gasteiger charge is -2.23. The molecule has 37 heavy (non-hydrogen) atoms. The van der Waals surface area contributed by atoms with Crippen molar-refractivity contribution in [1.29, 1.82) is 0 Å². The molecule has 1 N–H and O–H groups in total. The summed E-state index contributed by atoms with van der Waals surface area (Å²) in [6.07, 6.45) is 2.23. The molecule has 1 amide bonds. The summed E-state index contributed by atoms with van der Waals surface area (Å²) in [6, 6.07) is 12.5. The van der Waals surface area contributed by atoms with Crippen LogP contribution in [-0.4, -0.2) is 70.8 Å². The molecule has 1 aromatic heterocycles. The fourth-order valence-corrected chi connectivity index (χ4v) is 4.78. The SMILES string of the molecule is COC(=O)c1nnn([C@H]2C[C@@H](C(=O)Nc3cccc(SC)c3)N(Cc3ccc(F)cc3)C2)c1C(=O)OC. The molecule has 0 saturated carbocycles. The molecule has 10 nitrogen and oxygen atoms in total. The van der Waals surface area contributed by atoms with Gasteiger partial charge in [-0.15, -0.1) is 16.9 Å². The molecule has 1 aliphatic rings. The lowest BCUT2D eigenvalue weighted by Crippen LogP contribution is -2.39. The summed E-state index contributed by atoms with van der Waals surface area (Å²) in [6.45, 7) is 0.667. The van der Waals surface area contributed by atoms with Crippen molar-refractivity contribution in [3.8, 4) is 0 Å². The van der Waals surface area contributed by atoms with Crippen LogP contribution in [0.1, 0.15) is 39.0 Å². The zero-order valence-electron chi connectivity index (χ0n) is 20.5. The van der Waals surface area contributed by atoms with E-state index in [9.17, 15) is 18.8 Å². The summed E-state index contributed by atoms with van der Waals surface area (Å²) in [7, 11) is 2.37. The zero-order chi connectivity index (χ0) is 26.5. The fraction of sp³-hybridized carbons (Fsp3) is 0.320. The van der Waals surface area contributed by atoms with E-state index in [1.54, 1.807) is 23.9 Å². The van der Waals surface area contributed by atoms with E-state index in [0.29, 0.717) is 18.8 Å². The number of benzene rings is 2. The first-order valence-corrected chi connectivity index (χ1v) is 12.6. The number of thioether (sulfide) groups is 1. The van der Waals surface area contributed by atoms with Gasteiger partial charge in [-0.3, -0.25) is 9.69 Å². The van der Waals surface area contributed by atoms with Crippen LogP contribution in [0.25, 0.3) is 0 Å². The van der Waals surface area contributed by atoms with Gasteiger partial charge in [0, 0.05) is 23.7 Å². The van der Waals surface area contributed by atoms with Crippen molar-refractivity contribution in [2.45, 2.75) is 29.9 Å². The molecule has 2 aromatic carbocycles. The highest BCUT2D eigenvalue weighted by molar-refractivity contribution is 7.98. The third kappa shape index (κ3) is 5.81. The van der Waals surface area contributed by atoms with E-state index < -0.39 is 24.0 Å². The Morgan fingerprint density at radius 3 is 2.51 bits per heavy atom. The molecule has 0 unspecified atom stereocenters. The number of nitrogens with zero attached hydrogens (tertiary/aromatic N) is 4. The highest BCUT2D eigenvalue weighted by Gasteiger charge is 2.41. The number of carbonyl (C=O) groups excluding carboxylic acids is 3. The van der Waals surface area contributed by atoms with Crippen molar-refractivity contribution in [2.24, 2.45) is 0 Å². The smallest absolute Gasteiger partial charge is 0.361 e. The summed E-state index contributed by atoms with van der Waals surface area (Å²) in [5, 5.41) is 10.9. The maximum absolute atomic E-state index is 13.5. The van der Waals surface area contributed by atoms with Crippen LogP contribution in [0.3, 0.4) is 0 Å². The Balaban J connectivity index is 1.65. The van der Waals surface area contributed by atoms with Crippen LogP contribution in [0.5, 0.6) is 0 Å². The van der Waals surface area contributed by atoms with Gasteiger partial charge < -0.3 is 14.8 Å². The highest BCUT2D eigenvalue weighted by Crippen LogP contribution is 2.31. The summed E-state index contributed by atoms with van der Waals surface area (Å²) in [4.78, 5) is 41.1. The topological polar surface area (TPSA) is 116 Å². The third-order valence-electron chi connectivity index (χ3n) is 6.12. The highest BCUT2D eigenvalue weighted by atomic mass is 32.2. The van der Waals surface area contributed by atoms with Crippen molar-refractivity contribution in [3.63, 3.8) is 0 Å². The molecule has 1 aliphatic heterocycles. The first-order chi connectivity index (χ1) is 17.8. The molecular formula is C25H26FN5O5S. The molecule has 1 saturated heterocycles.